The normalized spacial score (nSPS) is 26.1. The smallest absolute Gasteiger partial charge is 0.253 e. The number of hydrogen-bond donors (Lipinski definition) is 0. The topological polar surface area (TPSA) is 73.8 Å². The average molecular weight is 577 g/mol. The lowest BCUT2D eigenvalue weighted by Gasteiger charge is -2.41. The van der Waals surface area contributed by atoms with E-state index in [0.29, 0.717) is 42.3 Å². The van der Waals surface area contributed by atoms with Crippen LogP contribution in [0.15, 0.2) is 30.5 Å². The molecular weight excluding hydrogens is 535 g/mol. The van der Waals surface area contributed by atoms with Crippen molar-refractivity contribution in [3.8, 4) is 0 Å². The Balaban J connectivity index is 1.13. The minimum Gasteiger partial charge on any atom is -0.339 e. The molecule has 1 aromatic heterocycles. The van der Waals surface area contributed by atoms with Crippen LogP contribution in [0.1, 0.15) is 72.1 Å². The standard InChI is InChI=1S/C29H41FN4O3S2/c1-3-39(36,37)34-16-14-32(15-17-34)20-26-19-31-28(38-26)27-18-24(5-4-21(27)2)22-10-12-33(13-11-22)29(35)23-6-8-25(30)9-7-23/h6-9,19,21-22,24,27H,3-5,10-18,20H2,1-2H3. The van der Waals surface area contributed by atoms with E-state index in [1.165, 1.54) is 34.9 Å². The molecule has 0 N–H and O–H groups in total. The van der Waals surface area contributed by atoms with Crippen LogP contribution >= 0.6 is 11.3 Å². The Bertz CT molecular complexity index is 1220. The van der Waals surface area contributed by atoms with Gasteiger partial charge in [0, 0.05) is 68.4 Å². The maximum Gasteiger partial charge on any atom is 0.253 e. The van der Waals surface area contributed by atoms with Crippen LogP contribution < -0.4 is 0 Å². The number of rotatable bonds is 7. The van der Waals surface area contributed by atoms with Gasteiger partial charge >= 0.3 is 0 Å². The lowest BCUT2D eigenvalue weighted by molar-refractivity contribution is 0.0617. The van der Waals surface area contributed by atoms with Gasteiger partial charge in [-0.05, 0) is 81.0 Å². The van der Waals surface area contributed by atoms with Crippen molar-refractivity contribution in [2.75, 3.05) is 45.0 Å². The molecule has 3 heterocycles. The maximum absolute atomic E-state index is 13.2. The first-order valence-corrected chi connectivity index (χ1v) is 16.9. The number of piperazine rings is 1. The molecule has 2 aromatic rings. The second-order valence-electron chi connectivity index (χ2n) is 11.5. The lowest BCUT2D eigenvalue weighted by Crippen LogP contribution is -2.48. The summed E-state index contributed by atoms with van der Waals surface area (Å²) in [5.74, 6) is 2.24. The molecular formula is C29H41FN4O3S2. The summed E-state index contributed by atoms with van der Waals surface area (Å²) >= 11 is 1.84. The SMILES string of the molecule is CCS(=O)(=O)N1CCN(Cc2cnc(C3CC(C4CCN(C(=O)c5ccc(F)cc5)CC4)CCC3C)s2)CC1. The Kier molecular flexibility index (Phi) is 9.05. The van der Waals surface area contributed by atoms with Crippen LogP contribution in [-0.2, 0) is 16.6 Å². The zero-order valence-corrected chi connectivity index (χ0v) is 24.7. The van der Waals surface area contributed by atoms with Crippen LogP contribution in [0.2, 0.25) is 0 Å². The number of aromatic nitrogens is 1. The van der Waals surface area contributed by atoms with Crippen molar-refractivity contribution in [2.45, 2.75) is 58.4 Å². The molecule has 7 nitrogen and oxygen atoms in total. The van der Waals surface area contributed by atoms with E-state index in [1.807, 2.05) is 22.4 Å². The number of likely N-dealkylation sites (tertiary alicyclic amines) is 1. The molecule has 1 aromatic carbocycles. The summed E-state index contributed by atoms with van der Waals surface area (Å²) in [4.78, 5) is 23.3. The second-order valence-corrected chi connectivity index (χ2v) is 14.9. The number of piperidine rings is 1. The van der Waals surface area contributed by atoms with Gasteiger partial charge in [-0.2, -0.15) is 4.31 Å². The number of carbonyl (C=O) groups is 1. The van der Waals surface area contributed by atoms with Crippen LogP contribution in [0.4, 0.5) is 4.39 Å². The van der Waals surface area contributed by atoms with Crippen molar-refractivity contribution in [3.63, 3.8) is 0 Å². The molecule has 2 aliphatic heterocycles. The molecule has 3 atom stereocenters. The van der Waals surface area contributed by atoms with Gasteiger partial charge in [-0.1, -0.05) is 6.92 Å². The van der Waals surface area contributed by atoms with E-state index in [2.05, 4.69) is 11.8 Å². The van der Waals surface area contributed by atoms with Gasteiger partial charge in [-0.15, -0.1) is 11.3 Å². The Morgan fingerprint density at radius 1 is 1.00 bits per heavy atom. The first-order chi connectivity index (χ1) is 18.7. The van der Waals surface area contributed by atoms with Crippen molar-refractivity contribution < 1.29 is 17.6 Å². The number of hydrogen-bond acceptors (Lipinski definition) is 6. The Morgan fingerprint density at radius 2 is 1.69 bits per heavy atom. The molecule has 1 aliphatic carbocycles. The average Bonchev–Trinajstić information content (AvgIpc) is 3.42. The summed E-state index contributed by atoms with van der Waals surface area (Å²) in [5.41, 5.74) is 0.564. The van der Waals surface area contributed by atoms with Crippen molar-refractivity contribution >= 4 is 27.3 Å². The molecule has 1 amide bonds. The second kappa shape index (κ2) is 12.3. The highest BCUT2D eigenvalue weighted by molar-refractivity contribution is 7.89. The van der Waals surface area contributed by atoms with Crippen molar-refractivity contribution in [3.05, 3.63) is 51.7 Å². The highest BCUT2D eigenvalue weighted by atomic mass is 32.2. The van der Waals surface area contributed by atoms with Crippen LogP contribution in [0, 0.1) is 23.6 Å². The summed E-state index contributed by atoms with van der Waals surface area (Å²) < 4.78 is 39.2. The summed E-state index contributed by atoms with van der Waals surface area (Å²) in [6.45, 7) is 9.10. The van der Waals surface area contributed by atoms with Crippen LogP contribution in [0.3, 0.4) is 0 Å². The van der Waals surface area contributed by atoms with E-state index >= 15 is 0 Å². The summed E-state index contributed by atoms with van der Waals surface area (Å²) in [6.07, 6.45) is 7.72. The predicted octanol–water partition coefficient (Wildman–Crippen LogP) is 4.82. The molecule has 2 saturated heterocycles. The zero-order valence-electron chi connectivity index (χ0n) is 23.1. The summed E-state index contributed by atoms with van der Waals surface area (Å²) in [6, 6.07) is 5.87. The fourth-order valence-electron chi connectivity index (χ4n) is 6.61. The van der Waals surface area contributed by atoms with E-state index in [4.69, 9.17) is 4.98 Å². The lowest BCUT2D eigenvalue weighted by atomic mass is 9.68. The fourth-order valence-corrected chi connectivity index (χ4v) is 8.90. The van der Waals surface area contributed by atoms with Crippen molar-refractivity contribution in [1.29, 1.82) is 0 Å². The minimum absolute atomic E-state index is 0.00677. The van der Waals surface area contributed by atoms with Crippen LogP contribution in [-0.4, -0.2) is 78.4 Å². The highest BCUT2D eigenvalue weighted by Crippen LogP contribution is 2.46. The molecule has 39 heavy (non-hydrogen) atoms. The third kappa shape index (κ3) is 6.72. The van der Waals surface area contributed by atoms with Crippen LogP contribution in [0.25, 0.3) is 0 Å². The van der Waals surface area contributed by atoms with Gasteiger partial charge in [0.15, 0.2) is 0 Å². The Hall–Kier alpha value is -1.88. The summed E-state index contributed by atoms with van der Waals surface area (Å²) in [7, 11) is -3.11. The molecule has 3 fully saturated rings. The molecule has 3 unspecified atom stereocenters. The molecule has 5 rings (SSSR count). The Morgan fingerprint density at radius 3 is 2.36 bits per heavy atom. The molecule has 0 spiro atoms. The van der Waals surface area contributed by atoms with Gasteiger partial charge < -0.3 is 4.90 Å². The quantitative estimate of drug-likeness (QED) is 0.473. The van der Waals surface area contributed by atoms with Gasteiger partial charge in [0.25, 0.3) is 5.91 Å². The number of halogens is 1. The number of benzene rings is 1. The van der Waals surface area contributed by atoms with E-state index in [0.717, 1.165) is 52.0 Å². The number of sulfonamides is 1. The number of nitrogens with zero attached hydrogens (tertiary/aromatic N) is 4. The van der Waals surface area contributed by atoms with Gasteiger partial charge in [-0.25, -0.2) is 17.8 Å². The molecule has 1 saturated carbocycles. The third-order valence-corrected chi connectivity index (χ3v) is 12.2. The van der Waals surface area contributed by atoms with E-state index in [1.54, 1.807) is 23.4 Å². The predicted molar refractivity (Wildman–Crippen MR) is 153 cm³/mol. The van der Waals surface area contributed by atoms with Gasteiger partial charge in [0.05, 0.1) is 10.8 Å². The minimum atomic E-state index is -3.11. The number of carbonyl (C=O) groups excluding carboxylic acids is 1. The molecule has 3 aliphatic rings. The van der Waals surface area contributed by atoms with Gasteiger partial charge in [0.2, 0.25) is 10.0 Å². The fraction of sp³-hybridized carbons (Fsp3) is 0.655. The van der Waals surface area contributed by atoms with Gasteiger partial charge in [0.1, 0.15) is 5.82 Å². The first-order valence-electron chi connectivity index (χ1n) is 14.4. The summed E-state index contributed by atoms with van der Waals surface area (Å²) in [5, 5.41) is 1.25. The molecule has 0 bridgehead atoms. The highest BCUT2D eigenvalue weighted by Gasteiger charge is 2.36. The molecule has 0 radical (unpaired) electrons. The van der Waals surface area contributed by atoms with E-state index in [-0.39, 0.29) is 17.5 Å². The van der Waals surface area contributed by atoms with Crippen molar-refractivity contribution in [1.82, 2.24) is 19.1 Å². The monoisotopic (exact) mass is 576 g/mol. The van der Waals surface area contributed by atoms with Gasteiger partial charge in [-0.3, -0.25) is 9.69 Å². The number of amides is 1. The van der Waals surface area contributed by atoms with E-state index < -0.39 is 10.0 Å². The maximum atomic E-state index is 13.2. The van der Waals surface area contributed by atoms with Crippen LogP contribution in [0.5, 0.6) is 0 Å². The Labute approximate surface area is 236 Å². The molecule has 214 valence electrons. The number of thiazole rings is 1. The third-order valence-electron chi connectivity index (χ3n) is 9.18. The zero-order chi connectivity index (χ0) is 27.6. The molecule has 10 heteroatoms. The largest absolute Gasteiger partial charge is 0.339 e. The van der Waals surface area contributed by atoms with Crippen molar-refractivity contribution in [2.24, 2.45) is 17.8 Å². The van der Waals surface area contributed by atoms with E-state index in [9.17, 15) is 17.6 Å². The first kappa shape index (κ1) is 28.6.